The fourth-order valence-electron chi connectivity index (χ4n) is 2.82. The van der Waals surface area contributed by atoms with Gasteiger partial charge in [0.05, 0.1) is 12.2 Å². The highest BCUT2D eigenvalue weighted by Crippen LogP contribution is 2.37. The number of hydrogen-bond acceptors (Lipinski definition) is 2. The lowest BCUT2D eigenvalue weighted by molar-refractivity contribution is 0.0192. The molecule has 16 heavy (non-hydrogen) atoms. The minimum Gasteiger partial charge on any atom is -0.375 e. The first-order chi connectivity index (χ1) is 7.65. The molecular formula is C14H29NO. The first kappa shape index (κ1) is 14.0. The zero-order valence-electron chi connectivity index (χ0n) is 11.3. The van der Waals surface area contributed by atoms with E-state index in [1.165, 1.54) is 44.9 Å². The van der Waals surface area contributed by atoms with Crippen LogP contribution in [0.2, 0.25) is 0 Å². The van der Waals surface area contributed by atoms with Crippen molar-refractivity contribution < 1.29 is 4.74 Å². The zero-order chi connectivity index (χ0) is 12.0. The van der Waals surface area contributed by atoms with Crippen molar-refractivity contribution in [2.75, 3.05) is 6.54 Å². The Balaban J connectivity index is 2.48. The molecule has 1 heterocycles. The van der Waals surface area contributed by atoms with E-state index in [0.29, 0.717) is 17.6 Å². The van der Waals surface area contributed by atoms with Gasteiger partial charge in [-0.05, 0) is 51.0 Å². The van der Waals surface area contributed by atoms with Crippen LogP contribution in [0.15, 0.2) is 0 Å². The molecule has 2 N–H and O–H groups in total. The summed E-state index contributed by atoms with van der Waals surface area (Å²) in [6.45, 7) is 7.53. The second kappa shape index (κ2) is 6.61. The smallest absolute Gasteiger partial charge is 0.0585 e. The molecule has 2 heteroatoms. The molecule has 0 aromatic heterocycles. The standard InChI is InChI=1S/C14H29NO/c1-4-6-9-14(5-2,11-15)10-13-8-7-12(3)16-13/h12-13H,4-11,15H2,1-3H3. The van der Waals surface area contributed by atoms with E-state index in [1.807, 2.05) is 0 Å². The maximum absolute atomic E-state index is 6.02. The van der Waals surface area contributed by atoms with E-state index in [9.17, 15) is 0 Å². The van der Waals surface area contributed by atoms with E-state index < -0.39 is 0 Å². The highest BCUT2D eigenvalue weighted by atomic mass is 16.5. The molecule has 1 saturated heterocycles. The Morgan fingerprint density at radius 1 is 1.31 bits per heavy atom. The normalized spacial score (nSPS) is 29.2. The SMILES string of the molecule is CCCCC(CC)(CN)CC1CCC(C)O1. The lowest BCUT2D eigenvalue weighted by Gasteiger charge is -2.34. The van der Waals surface area contributed by atoms with Crippen LogP contribution in [0, 0.1) is 5.41 Å². The number of unbranched alkanes of at least 4 members (excludes halogenated alkanes) is 1. The molecule has 0 aromatic rings. The molecule has 1 aliphatic heterocycles. The second-order valence-electron chi connectivity index (χ2n) is 5.51. The van der Waals surface area contributed by atoms with E-state index in [4.69, 9.17) is 10.5 Å². The Kier molecular flexibility index (Phi) is 5.77. The van der Waals surface area contributed by atoms with Crippen molar-refractivity contribution in [3.05, 3.63) is 0 Å². The maximum atomic E-state index is 6.02. The molecule has 2 nitrogen and oxygen atoms in total. The van der Waals surface area contributed by atoms with Gasteiger partial charge in [-0.1, -0.05) is 26.7 Å². The molecule has 0 radical (unpaired) electrons. The lowest BCUT2D eigenvalue weighted by Crippen LogP contribution is -2.34. The van der Waals surface area contributed by atoms with Gasteiger partial charge >= 0.3 is 0 Å². The molecule has 0 spiro atoms. The molecule has 96 valence electrons. The van der Waals surface area contributed by atoms with E-state index in [2.05, 4.69) is 20.8 Å². The summed E-state index contributed by atoms with van der Waals surface area (Å²) in [5.41, 5.74) is 6.35. The van der Waals surface area contributed by atoms with Gasteiger partial charge in [0.25, 0.3) is 0 Å². The Bertz CT molecular complexity index is 189. The minimum absolute atomic E-state index is 0.338. The van der Waals surface area contributed by atoms with Gasteiger partial charge in [-0.2, -0.15) is 0 Å². The predicted molar refractivity (Wildman–Crippen MR) is 69.5 cm³/mol. The molecule has 0 aromatic carbocycles. The second-order valence-corrected chi connectivity index (χ2v) is 5.51. The molecule has 1 aliphatic rings. The van der Waals surface area contributed by atoms with E-state index in [-0.39, 0.29) is 0 Å². The fraction of sp³-hybridized carbons (Fsp3) is 1.00. The Morgan fingerprint density at radius 2 is 2.06 bits per heavy atom. The van der Waals surface area contributed by atoms with Crippen molar-refractivity contribution in [1.29, 1.82) is 0 Å². The van der Waals surface area contributed by atoms with Crippen LogP contribution < -0.4 is 5.73 Å². The minimum atomic E-state index is 0.338. The van der Waals surface area contributed by atoms with Gasteiger partial charge < -0.3 is 10.5 Å². The quantitative estimate of drug-likeness (QED) is 0.722. The zero-order valence-corrected chi connectivity index (χ0v) is 11.3. The van der Waals surface area contributed by atoms with Crippen LogP contribution in [-0.4, -0.2) is 18.8 Å². The third kappa shape index (κ3) is 3.74. The van der Waals surface area contributed by atoms with Crippen LogP contribution in [0.25, 0.3) is 0 Å². The van der Waals surface area contributed by atoms with Crippen LogP contribution in [-0.2, 0) is 4.74 Å². The molecule has 0 saturated carbocycles. The molecule has 0 amide bonds. The maximum Gasteiger partial charge on any atom is 0.0585 e. The fourth-order valence-corrected chi connectivity index (χ4v) is 2.82. The lowest BCUT2D eigenvalue weighted by atomic mass is 9.75. The summed E-state index contributed by atoms with van der Waals surface area (Å²) in [7, 11) is 0. The van der Waals surface area contributed by atoms with Crippen molar-refractivity contribution in [2.24, 2.45) is 11.1 Å². The number of ether oxygens (including phenoxy) is 1. The molecule has 1 rings (SSSR count). The van der Waals surface area contributed by atoms with Crippen molar-refractivity contribution >= 4 is 0 Å². The Morgan fingerprint density at radius 3 is 2.50 bits per heavy atom. The summed E-state index contributed by atoms with van der Waals surface area (Å²) in [5, 5.41) is 0. The highest BCUT2D eigenvalue weighted by molar-refractivity contribution is 4.85. The van der Waals surface area contributed by atoms with Crippen molar-refractivity contribution in [3.63, 3.8) is 0 Å². The Hall–Kier alpha value is -0.0800. The average molecular weight is 227 g/mol. The van der Waals surface area contributed by atoms with Crippen LogP contribution in [0.5, 0.6) is 0 Å². The third-order valence-electron chi connectivity index (χ3n) is 4.22. The number of rotatable bonds is 7. The van der Waals surface area contributed by atoms with E-state index >= 15 is 0 Å². The van der Waals surface area contributed by atoms with Crippen LogP contribution >= 0.6 is 0 Å². The summed E-state index contributed by atoms with van der Waals surface area (Å²) >= 11 is 0. The summed E-state index contributed by atoms with van der Waals surface area (Å²) in [4.78, 5) is 0. The van der Waals surface area contributed by atoms with Gasteiger partial charge in [-0.25, -0.2) is 0 Å². The third-order valence-corrected chi connectivity index (χ3v) is 4.22. The summed E-state index contributed by atoms with van der Waals surface area (Å²) in [6.07, 6.45) is 9.58. The average Bonchev–Trinajstić information content (AvgIpc) is 2.70. The monoisotopic (exact) mass is 227 g/mol. The molecule has 3 atom stereocenters. The first-order valence-electron chi connectivity index (χ1n) is 7.01. The Labute approximate surface area is 101 Å². The van der Waals surface area contributed by atoms with Gasteiger partial charge in [0.1, 0.15) is 0 Å². The van der Waals surface area contributed by atoms with Gasteiger partial charge in [0, 0.05) is 0 Å². The summed E-state index contributed by atoms with van der Waals surface area (Å²) < 4.78 is 5.94. The van der Waals surface area contributed by atoms with Crippen LogP contribution in [0.3, 0.4) is 0 Å². The van der Waals surface area contributed by atoms with Gasteiger partial charge in [0.15, 0.2) is 0 Å². The molecule has 0 aliphatic carbocycles. The topological polar surface area (TPSA) is 35.2 Å². The summed E-state index contributed by atoms with van der Waals surface area (Å²) in [5.74, 6) is 0. The van der Waals surface area contributed by atoms with E-state index in [1.54, 1.807) is 0 Å². The molecule has 1 fully saturated rings. The molecular weight excluding hydrogens is 198 g/mol. The largest absolute Gasteiger partial charge is 0.375 e. The van der Waals surface area contributed by atoms with E-state index in [0.717, 1.165) is 6.54 Å². The van der Waals surface area contributed by atoms with Crippen LogP contribution in [0.1, 0.15) is 65.7 Å². The predicted octanol–water partition coefficient (Wildman–Crippen LogP) is 3.49. The highest BCUT2D eigenvalue weighted by Gasteiger charge is 2.33. The van der Waals surface area contributed by atoms with Gasteiger partial charge in [-0.15, -0.1) is 0 Å². The number of hydrogen-bond donors (Lipinski definition) is 1. The molecule has 0 bridgehead atoms. The molecule has 3 unspecified atom stereocenters. The van der Waals surface area contributed by atoms with Gasteiger partial charge in [0.2, 0.25) is 0 Å². The van der Waals surface area contributed by atoms with Crippen molar-refractivity contribution in [1.82, 2.24) is 0 Å². The van der Waals surface area contributed by atoms with Gasteiger partial charge in [-0.3, -0.25) is 0 Å². The summed E-state index contributed by atoms with van der Waals surface area (Å²) in [6, 6.07) is 0. The van der Waals surface area contributed by atoms with Crippen LogP contribution in [0.4, 0.5) is 0 Å². The first-order valence-corrected chi connectivity index (χ1v) is 7.01. The van der Waals surface area contributed by atoms with Crippen molar-refractivity contribution in [3.8, 4) is 0 Å². The van der Waals surface area contributed by atoms with Crippen molar-refractivity contribution in [2.45, 2.75) is 77.9 Å². The number of nitrogens with two attached hydrogens (primary N) is 1.